The maximum atomic E-state index is 13.3. The highest BCUT2D eigenvalue weighted by Gasteiger charge is 2.32. The molecule has 2 atom stereocenters. The van der Waals surface area contributed by atoms with E-state index in [0.717, 1.165) is 23.4 Å². The van der Waals surface area contributed by atoms with Crippen LogP contribution in [0.25, 0.3) is 0 Å². The number of hydrogen-bond acceptors (Lipinski definition) is 4. The van der Waals surface area contributed by atoms with Crippen molar-refractivity contribution in [2.75, 3.05) is 17.3 Å². The molecule has 4 aromatic rings. The zero-order chi connectivity index (χ0) is 25.3. The molecule has 1 N–H and O–H groups in total. The summed E-state index contributed by atoms with van der Waals surface area (Å²) in [5.41, 5.74) is 2.86. The number of ether oxygens (including phenoxy) is 1. The Bertz CT molecular complexity index is 1340. The van der Waals surface area contributed by atoms with Crippen LogP contribution in [0.2, 0.25) is 0 Å². The van der Waals surface area contributed by atoms with Gasteiger partial charge < -0.3 is 15.0 Å². The van der Waals surface area contributed by atoms with E-state index >= 15 is 0 Å². The second-order valence-electron chi connectivity index (χ2n) is 8.54. The zero-order valence-corrected chi connectivity index (χ0v) is 19.3. The molecule has 0 aliphatic carbocycles. The second-order valence-corrected chi connectivity index (χ2v) is 8.54. The maximum Gasteiger partial charge on any atom is 0.573 e. The van der Waals surface area contributed by atoms with Crippen LogP contribution in [0.5, 0.6) is 5.75 Å². The Kier molecular flexibility index (Phi) is 6.13. The molecule has 9 heteroatoms. The first kappa shape index (κ1) is 23.5. The first-order chi connectivity index (χ1) is 17.3. The van der Waals surface area contributed by atoms with Crippen molar-refractivity contribution in [2.24, 2.45) is 0 Å². The van der Waals surface area contributed by atoms with Gasteiger partial charge in [-0.3, -0.25) is 4.79 Å². The third-order valence-electron chi connectivity index (χ3n) is 6.18. The maximum absolute atomic E-state index is 13.3. The summed E-state index contributed by atoms with van der Waals surface area (Å²) < 4.78 is 43.1. The molecule has 3 aromatic carbocycles. The van der Waals surface area contributed by atoms with Gasteiger partial charge in [0.15, 0.2) is 5.69 Å². The van der Waals surface area contributed by atoms with E-state index < -0.39 is 6.36 Å². The molecule has 36 heavy (non-hydrogen) atoms. The lowest BCUT2D eigenvalue weighted by Gasteiger charge is -2.32. The van der Waals surface area contributed by atoms with Crippen LogP contribution in [0.1, 0.15) is 40.1 Å². The Balaban J connectivity index is 1.43. The molecule has 0 saturated heterocycles. The van der Waals surface area contributed by atoms with Crippen molar-refractivity contribution in [1.29, 1.82) is 0 Å². The second kappa shape index (κ2) is 9.41. The van der Waals surface area contributed by atoms with Crippen LogP contribution >= 0.6 is 0 Å². The molecule has 184 valence electrons. The SMILES string of the molecule is CN(C(=O)c1cc2n(n1)C(c1ccccc1)CC(c1ccccc1)N2)c1ccc(OC(F)(F)F)cc1. The van der Waals surface area contributed by atoms with Crippen LogP contribution in [0.15, 0.2) is 91.0 Å². The van der Waals surface area contributed by atoms with Crippen LogP contribution in [0.3, 0.4) is 0 Å². The number of carbonyl (C=O) groups excluding carboxylic acids is 1. The largest absolute Gasteiger partial charge is 0.573 e. The van der Waals surface area contributed by atoms with Gasteiger partial charge in [0.05, 0.1) is 12.1 Å². The van der Waals surface area contributed by atoms with Gasteiger partial charge in [-0.2, -0.15) is 5.10 Å². The van der Waals surface area contributed by atoms with Crippen molar-refractivity contribution in [3.63, 3.8) is 0 Å². The van der Waals surface area contributed by atoms with Gasteiger partial charge in [0.25, 0.3) is 5.91 Å². The Morgan fingerprint density at radius 3 is 2.19 bits per heavy atom. The van der Waals surface area contributed by atoms with Crippen LogP contribution in [0.4, 0.5) is 24.7 Å². The number of carbonyl (C=O) groups is 1. The van der Waals surface area contributed by atoms with Gasteiger partial charge in [-0.25, -0.2) is 4.68 Å². The number of anilines is 2. The lowest BCUT2D eigenvalue weighted by molar-refractivity contribution is -0.274. The summed E-state index contributed by atoms with van der Waals surface area (Å²) in [6, 6.07) is 26.9. The van der Waals surface area contributed by atoms with Gasteiger partial charge in [-0.05, 0) is 41.8 Å². The molecule has 0 bridgehead atoms. The van der Waals surface area contributed by atoms with Gasteiger partial charge in [0.1, 0.15) is 11.6 Å². The molecule has 2 unspecified atom stereocenters. The predicted octanol–water partition coefficient (Wildman–Crippen LogP) is 6.20. The van der Waals surface area contributed by atoms with Crippen molar-refractivity contribution in [1.82, 2.24) is 9.78 Å². The molecule has 2 heterocycles. The number of nitrogens with zero attached hydrogens (tertiary/aromatic N) is 3. The number of rotatable bonds is 5. The zero-order valence-electron chi connectivity index (χ0n) is 19.3. The number of hydrogen-bond donors (Lipinski definition) is 1. The Labute approximate surface area is 205 Å². The van der Waals surface area contributed by atoms with Gasteiger partial charge in [0.2, 0.25) is 0 Å². The van der Waals surface area contributed by atoms with Crippen molar-refractivity contribution in [2.45, 2.75) is 24.9 Å². The fourth-order valence-corrected chi connectivity index (χ4v) is 4.42. The topological polar surface area (TPSA) is 59.4 Å². The summed E-state index contributed by atoms with van der Waals surface area (Å²) >= 11 is 0. The minimum atomic E-state index is -4.78. The standard InChI is InChI=1S/C27H23F3N4O2/c1-33(20-12-14-21(15-13-20)36-27(28,29)30)26(35)23-17-25-31-22(18-8-4-2-5-9-18)16-24(34(25)32-23)19-10-6-3-7-11-19/h2-15,17,22,24,31H,16H2,1H3. The first-order valence-electron chi connectivity index (χ1n) is 11.4. The number of alkyl halides is 3. The quantitative estimate of drug-likeness (QED) is 0.360. The van der Waals surface area contributed by atoms with Gasteiger partial charge in [0, 0.05) is 18.8 Å². The summed E-state index contributed by atoms with van der Waals surface area (Å²) in [6.07, 6.45) is -4.04. The summed E-state index contributed by atoms with van der Waals surface area (Å²) in [5.74, 6) is -0.0210. The molecule has 1 aliphatic heterocycles. The van der Waals surface area contributed by atoms with Crippen molar-refractivity contribution in [3.05, 3.63) is 108 Å². The number of aromatic nitrogens is 2. The number of halogens is 3. The fourth-order valence-electron chi connectivity index (χ4n) is 4.42. The molecule has 1 aliphatic rings. The van der Waals surface area contributed by atoms with E-state index in [4.69, 9.17) is 0 Å². The number of fused-ring (bicyclic) bond motifs is 1. The smallest absolute Gasteiger partial charge is 0.406 e. The summed E-state index contributed by atoms with van der Waals surface area (Å²) in [7, 11) is 1.55. The Hall–Kier alpha value is -4.27. The first-order valence-corrected chi connectivity index (χ1v) is 11.4. The lowest BCUT2D eigenvalue weighted by atomic mass is 9.93. The average molecular weight is 493 g/mol. The minimum Gasteiger partial charge on any atom is -0.406 e. The fraction of sp³-hybridized carbons (Fsp3) is 0.185. The average Bonchev–Trinajstić information content (AvgIpc) is 3.32. The van der Waals surface area contributed by atoms with E-state index in [9.17, 15) is 18.0 Å². The highest BCUT2D eigenvalue weighted by molar-refractivity contribution is 6.04. The van der Waals surface area contributed by atoms with Crippen LogP contribution in [-0.2, 0) is 0 Å². The Morgan fingerprint density at radius 2 is 1.58 bits per heavy atom. The summed E-state index contributed by atoms with van der Waals surface area (Å²) in [5, 5.41) is 8.14. The van der Waals surface area contributed by atoms with E-state index in [-0.39, 0.29) is 29.4 Å². The van der Waals surface area contributed by atoms with E-state index in [1.165, 1.54) is 29.2 Å². The highest BCUT2D eigenvalue weighted by atomic mass is 19.4. The van der Waals surface area contributed by atoms with Crippen LogP contribution in [0, 0.1) is 0 Å². The Morgan fingerprint density at radius 1 is 0.972 bits per heavy atom. The summed E-state index contributed by atoms with van der Waals surface area (Å²) in [4.78, 5) is 14.6. The summed E-state index contributed by atoms with van der Waals surface area (Å²) in [6.45, 7) is 0. The van der Waals surface area contributed by atoms with Crippen molar-refractivity contribution >= 4 is 17.4 Å². The van der Waals surface area contributed by atoms with E-state index in [1.807, 2.05) is 53.2 Å². The number of amides is 1. The normalized spacial score (nSPS) is 17.1. The highest BCUT2D eigenvalue weighted by Crippen LogP contribution is 2.39. The number of benzene rings is 3. The third-order valence-corrected chi connectivity index (χ3v) is 6.18. The lowest BCUT2D eigenvalue weighted by Crippen LogP contribution is -2.28. The molecule has 1 amide bonds. The van der Waals surface area contributed by atoms with E-state index in [1.54, 1.807) is 13.1 Å². The monoisotopic (exact) mass is 492 g/mol. The molecule has 6 nitrogen and oxygen atoms in total. The number of nitrogens with one attached hydrogen (secondary N) is 1. The molecule has 0 spiro atoms. The minimum absolute atomic E-state index is 0.0301. The van der Waals surface area contributed by atoms with Crippen LogP contribution < -0.4 is 15.0 Å². The molecular weight excluding hydrogens is 469 g/mol. The van der Waals surface area contributed by atoms with Gasteiger partial charge in [-0.1, -0.05) is 60.7 Å². The van der Waals surface area contributed by atoms with Crippen molar-refractivity contribution in [3.8, 4) is 5.75 Å². The molecular formula is C27H23F3N4O2. The molecule has 0 radical (unpaired) electrons. The molecule has 0 fully saturated rings. The van der Waals surface area contributed by atoms with Crippen LogP contribution in [-0.4, -0.2) is 29.1 Å². The molecule has 5 rings (SSSR count). The molecule has 1 aromatic heterocycles. The van der Waals surface area contributed by atoms with Gasteiger partial charge in [-0.15, -0.1) is 13.2 Å². The van der Waals surface area contributed by atoms with E-state index in [0.29, 0.717) is 5.69 Å². The van der Waals surface area contributed by atoms with E-state index in [2.05, 4.69) is 27.3 Å². The molecule has 0 saturated carbocycles. The predicted molar refractivity (Wildman–Crippen MR) is 130 cm³/mol. The van der Waals surface area contributed by atoms with Crippen molar-refractivity contribution < 1.29 is 22.7 Å². The third kappa shape index (κ3) is 4.91. The van der Waals surface area contributed by atoms with Gasteiger partial charge >= 0.3 is 6.36 Å².